The van der Waals surface area contributed by atoms with Gasteiger partial charge in [0.2, 0.25) is 0 Å². The number of hydrogen-bond acceptors (Lipinski definition) is 3. The third kappa shape index (κ3) is 4.74. The van der Waals surface area contributed by atoms with Crippen LogP contribution in [0.4, 0.5) is 0 Å². The molecule has 1 amide bonds. The third-order valence-electron chi connectivity index (χ3n) is 3.65. The molecule has 122 valence electrons. The second-order valence-electron chi connectivity index (χ2n) is 5.32. The number of ether oxygens (including phenoxy) is 2. The van der Waals surface area contributed by atoms with Crippen molar-refractivity contribution in [3.63, 3.8) is 0 Å². The predicted molar refractivity (Wildman–Crippen MR) is 90.7 cm³/mol. The maximum atomic E-state index is 12.4. The Kier molecular flexibility index (Phi) is 6.03. The van der Waals surface area contributed by atoms with E-state index in [0.717, 1.165) is 12.0 Å². The average Bonchev–Trinajstić information content (AvgIpc) is 2.60. The van der Waals surface area contributed by atoms with E-state index in [4.69, 9.17) is 9.47 Å². The predicted octanol–water partition coefficient (Wildman–Crippen LogP) is 3.73. The van der Waals surface area contributed by atoms with E-state index in [0.29, 0.717) is 11.5 Å². The van der Waals surface area contributed by atoms with Crippen molar-refractivity contribution in [2.24, 2.45) is 0 Å². The first kappa shape index (κ1) is 16.9. The maximum Gasteiger partial charge on any atom is 0.261 e. The zero-order valence-corrected chi connectivity index (χ0v) is 13.8. The average molecular weight is 313 g/mol. The van der Waals surface area contributed by atoms with Crippen molar-refractivity contribution < 1.29 is 14.3 Å². The lowest BCUT2D eigenvalue weighted by molar-refractivity contribution is -0.128. The fourth-order valence-corrected chi connectivity index (χ4v) is 2.33. The first-order valence-electron chi connectivity index (χ1n) is 7.80. The summed E-state index contributed by atoms with van der Waals surface area (Å²) in [5, 5.41) is 3.04. The van der Waals surface area contributed by atoms with E-state index in [1.165, 1.54) is 0 Å². The molecule has 0 aliphatic carbocycles. The summed E-state index contributed by atoms with van der Waals surface area (Å²) >= 11 is 0. The molecule has 2 atom stereocenters. The van der Waals surface area contributed by atoms with Gasteiger partial charge in [-0.2, -0.15) is 0 Å². The molecule has 2 rings (SSSR count). The molecule has 0 aromatic heterocycles. The molecule has 0 heterocycles. The Morgan fingerprint density at radius 2 is 1.78 bits per heavy atom. The number of carbonyl (C=O) groups is 1. The van der Waals surface area contributed by atoms with Crippen LogP contribution in [0, 0.1) is 0 Å². The molecule has 0 bridgehead atoms. The van der Waals surface area contributed by atoms with Gasteiger partial charge in [-0.25, -0.2) is 0 Å². The van der Waals surface area contributed by atoms with Gasteiger partial charge in [-0.15, -0.1) is 0 Å². The second kappa shape index (κ2) is 8.22. The van der Waals surface area contributed by atoms with Crippen LogP contribution in [0.5, 0.6) is 11.5 Å². The van der Waals surface area contributed by atoms with Crippen LogP contribution in [-0.2, 0) is 4.79 Å². The number of amides is 1. The van der Waals surface area contributed by atoms with E-state index in [-0.39, 0.29) is 11.9 Å². The summed E-state index contributed by atoms with van der Waals surface area (Å²) in [6, 6.07) is 17.2. The van der Waals surface area contributed by atoms with Crippen LogP contribution < -0.4 is 14.8 Å². The van der Waals surface area contributed by atoms with Gasteiger partial charge in [0.1, 0.15) is 11.5 Å². The minimum Gasteiger partial charge on any atom is -0.497 e. The molecule has 4 heteroatoms. The SMILES string of the molecule is CC[C@@H](NC(=O)[C@H](C)Oc1cccc(OC)c1)c1ccccc1. The van der Waals surface area contributed by atoms with Crippen LogP contribution in [0.2, 0.25) is 0 Å². The van der Waals surface area contributed by atoms with Crippen LogP contribution in [0.1, 0.15) is 31.9 Å². The minimum absolute atomic E-state index is 0.0138. The first-order chi connectivity index (χ1) is 11.1. The van der Waals surface area contributed by atoms with Crippen molar-refractivity contribution in [3.8, 4) is 11.5 Å². The second-order valence-corrected chi connectivity index (χ2v) is 5.32. The van der Waals surface area contributed by atoms with Gasteiger partial charge in [-0.1, -0.05) is 43.3 Å². The Morgan fingerprint density at radius 3 is 2.43 bits per heavy atom. The molecule has 0 spiro atoms. The zero-order valence-electron chi connectivity index (χ0n) is 13.8. The summed E-state index contributed by atoms with van der Waals surface area (Å²) in [7, 11) is 1.60. The van der Waals surface area contributed by atoms with Crippen molar-refractivity contribution in [3.05, 3.63) is 60.2 Å². The van der Waals surface area contributed by atoms with Gasteiger partial charge in [-0.3, -0.25) is 4.79 Å². The topological polar surface area (TPSA) is 47.6 Å². The zero-order chi connectivity index (χ0) is 16.7. The highest BCUT2D eigenvalue weighted by Crippen LogP contribution is 2.21. The van der Waals surface area contributed by atoms with Gasteiger partial charge >= 0.3 is 0 Å². The van der Waals surface area contributed by atoms with Crippen LogP contribution in [0.25, 0.3) is 0 Å². The first-order valence-corrected chi connectivity index (χ1v) is 7.80. The molecule has 0 saturated heterocycles. The standard InChI is InChI=1S/C19H23NO3/c1-4-18(15-9-6-5-7-10-15)20-19(21)14(2)23-17-12-8-11-16(13-17)22-3/h5-14,18H,4H2,1-3H3,(H,20,21)/t14-,18+/m0/s1. The van der Waals surface area contributed by atoms with Gasteiger partial charge in [0.05, 0.1) is 13.2 Å². The number of nitrogens with one attached hydrogen (secondary N) is 1. The molecule has 0 aliphatic heterocycles. The van der Waals surface area contributed by atoms with Crippen LogP contribution in [0.3, 0.4) is 0 Å². The Morgan fingerprint density at radius 1 is 1.09 bits per heavy atom. The lowest BCUT2D eigenvalue weighted by Gasteiger charge is -2.21. The molecule has 0 fully saturated rings. The molecule has 2 aromatic rings. The molecule has 0 aliphatic rings. The van der Waals surface area contributed by atoms with E-state index in [1.807, 2.05) is 49.4 Å². The van der Waals surface area contributed by atoms with Gasteiger partial charge in [0.25, 0.3) is 5.91 Å². The summed E-state index contributed by atoms with van der Waals surface area (Å²) in [5.41, 5.74) is 1.09. The lowest BCUT2D eigenvalue weighted by atomic mass is 10.0. The van der Waals surface area contributed by atoms with Crippen molar-refractivity contribution in [2.45, 2.75) is 32.4 Å². The summed E-state index contributed by atoms with van der Waals surface area (Å²) in [6.07, 6.45) is 0.238. The van der Waals surface area contributed by atoms with Crippen LogP contribution in [0.15, 0.2) is 54.6 Å². The largest absolute Gasteiger partial charge is 0.497 e. The summed E-state index contributed by atoms with van der Waals surface area (Å²) in [6.45, 7) is 3.79. The number of hydrogen-bond donors (Lipinski definition) is 1. The normalized spacial score (nSPS) is 13.0. The van der Waals surface area contributed by atoms with Crippen molar-refractivity contribution in [1.29, 1.82) is 0 Å². The molecule has 0 saturated carbocycles. The van der Waals surface area contributed by atoms with Crippen molar-refractivity contribution in [2.75, 3.05) is 7.11 Å². The van der Waals surface area contributed by atoms with Crippen LogP contribution in [-0.4, -0.2) is 19.1 Å². The summed E-state index contributed by atoms with van der Waals surface area (Å²) < 4.78 is 10.9. The van der Waals surface area contributed by atoms with E-state index < -0.39 is 6.10 Å². The fourth-order valence-electron chi connectivity index (χ4n) is 2.33. The molecule has 2 aromatic carbocycles. The molecule has 4 nitrogen and oxygen atoms in total. The van der Waals surface area contributed by atoms with E-state index in [9.17, 15) is 4.79 Å². The number of benzene rings is 2. The monoisotopic (exact) mass is 313 g/mol. The minimum atomic E-state index is -0.583. The summed E-state index contributed by atoms with van der Waals surface area (Å²) in [5.74, 6) is 1.18. The molecule has 1 N–H and O–H groups in total. The fraction of sp³-hybridized carbons (Fsp3) is 0.316. The third-order valence-corrected chi connectivity index (χ3v) is 3.65. The number of methoxy groups -OCH3 is 1. The molecule has 0 radical (unpaired) electrons. The Bertz CT molecular complexity index is 628. The lowest BCUT2D eigenvalue weighted by Crippen LogP contribution is -2.38. The highest BCUT2D eigenvalue weighted by molar-refractivity contribution is 5.81. The van der Waals surface area contributed by atoms with Crippen molar-refractivity contribution >= 4 is 5.91 Å². The Balaban J connectivity index is 1.98. The Labute approximate surface area is 137 Å². The molecule has 23 heavy (non-hydrogen) atoms. The molecule has 0 unspecified atom stereocenters. The highest BCUT2D eigenvalue weighted by atomic mass is 16.5. The highest BCUT2D eigenvalue weighted by Gasteiger charge is 2.19. The number of rotatable bonds is 7. The molecular formula is C19H23NO3. The van der Waals surface area contributed by atoms with Gasteiger partial charge in [-0.05, 0) is 31.0 Å². The smallest absolute Gasteiger partial charge is 0.261 e. The maximum absolute atomic E-state index is 12.4. The van der Waals surface area contributed by atoms with Crippen molar-refractivity contribution in [1.82, 2.24) is 5.32 Å². The van der Waals surface area contributed by atoms with Crippen LogP contribution >= 0.6 is 0 Å². The van der Waals surface area contributed by atoms with E-state index in [2.05, 4.69) is 5.32 Å². The van der Waals surface area contributed by atoms with Gasteiger partial charge in [0, 0.05) is 6.07 Å². The van der Waals surface area contributed by atoms with Gasteiger partial charge in [0.15, 0.2) is 6.10 Å². The van der Waals surface area contributed by atoms with Gasteiger partial charge < -0.3 is 14.8 Å². The van der Waals surface area contributed by atoms with E-state index in [1.54, 1.807) is 26.2 Å². The van der Waals surface area contributed by atoms with E-state index >= 15 is 0 Å². The quantitative estimate of drug-likeness (QED) is 0.847. The Hall–Kier alpha value is -2.49. The summed E-state index contributed by atoms with van der Waals surface area (Å²) in [4.78, 5) is 12.4. The molecular weight excluding hydrogens is 290 g/mol. The number of carbonyl (C=O) groups excluding carboxylic acids is 1.